The molecule has 0 saturated carbocycles. The first kappa shape index (κ1) is 26.6. The molecule has 4 rings (SSSR count). The van der Waals surface area contributed by atoms with Crippen molar-refractivity contribution in [3.05, 3.63) is 65.2 Å². The molecule has 2 amide bonds. The average molecular weight is 510 g/mol. The fourth-order valence-corrected chi connectivity index (χ4v) is 4.89. The van der Waals surface area contributed by atoms with Gasteiger partial charge in [0.05, 0.1) is 12.5 Å². The molecule has 37 heavy (non-hydrogen) atoms. The maximum Gasteiger partial charge on any atom is 0.410 e. The highest BCUT2D eigenvalue weighted by Crippen LogP contribution is 2.31. The van der Waals surface area contributed by atoms with E-state index in [1.165, 1.54) is 5.56 Å². The Balaban J connectivity index is 1.19. The van der Waals surface area contributed by atoms with Gasteiger partial charge in [0.15, 0.2) is 0 Å². The van der Waals surface area contributed by atoms with E-state index < -0.39 is 5.97 Å². The molecule has 2 aromatic rings. The Hall–Kier alpha value is -3.43. The Morgan fingerprint density at radius 1 is 1.05 bits per heavy atom. The fraction of sp³-hybridized carbons (Fsp3) is 0.464. The van der Waals surface area contributed by atoms with E-state index in [2.05, 4.69) is 17.1 Å². The lowest BCUT2D eigenvalue weighted by molar-refractivity contribution is -0.137. The predicted octanol–water partition coefficient (Wildman–Crippen LogP) is 3.84. The first-order valence-corrected chi connectivity index (χ1v) is 12.8. The summed E-state index contributed by atoms with van der Waals surface area (Å²) in [7, 11) is 0. The lowest BCUT2D eigenvalue weighted by Gasteiger charge is -2.35. The number of likely N-dealkylation sites (tertiary alicyclic amines) is 1. The molecule has 2 heterocycles. The minimum absolute atomic E-state index is 0.0551. The van der Waals surface area contributed by atoms with Crippen molar-refractivity contribution in [1.82, 2.24) is 9.80 Å². The van der Waals surface area contributed by atoms with Crippen molar-refractivity contribution in [3.8, 4) is 0 Å². The predicted molar refractivity (Wildman–Crippen MR) is 138 cm³/mol. The molecule has 198 valence electrons. The first-order chi connectivity index (χ1) is 17.9. The summed E-state index contributed by atoms with van der Waals surface area (Å²) in [6, 6.07) is 15.6. The van der Waals surface area contributed by atoms with Gasteiger partial charge >= 0.3 is 12.1 Å². The number of fused-ring (bicyclic) bond motifs is 1. The molecule has 2 aromatic carbocycles. The van der Waals surface area contributed by atoms with Crippen molar-refractivity contribution in [1.29, 1.82) is 0 Å². The Morgan fingerprint density at radius 2 is 1.81 bits per heavy atom. The molecule has 0 bridgehead atoms. The zero-order valence-electron chi connectivity index (χ0n) is 21.2. The SMILES string of the molecule is CC1c2cc(NC(=O)COC3CCN(C(=O)OCc4ccccc4)CC3)ccc2CCN1CCC(=O)O. The average Bonchev–Trinajstić information content (AvgIpc) is 2.91. The van der Waals surface area contributed by atoms with Crippen LogP contribution < -0.4 is 5.32 Å². The van der Waals surface area contributed by atoms with E-state index in [0.29, 0.717) is 38.2 Å². The monoisotopic (exact) mass is 509 g/mol. The largest absolute Gasteiger partial charge is 0.481 e. The van der Waals surface area contributed by atoms with Gasteiger partial charge in [0.1, 0.15) is 13.2 Å². The number of nitrogens with zero attached hydrogens (tertiary/aromatic N) is 2. The van der Waals surface area contributed by atoms with E-state index in [0.717, 1.165) is 24.1 Å². The van der Waals surface area contributed by atoms with E-state index >= 15 is 0 Å². The molecule has 2 aliphatic rings. The van der Waals surface area contributed by atoms with Crippen LogP contribution in [0.5, 0.6) is 0 Å². The van der Waals surface area contributed by atoms with Crippen LogP contribution in [0.1, 0.15) is 48.9 Å². The van der Waals surface area contributed by atoms with Crippen LogP contribution in [0.25, 0.3) is 0 Å². The third-order valence-electron chi connectivity index (χ3n) is 7.06. The summed E-state index contributed by atoms with van der Waals surface area (Å²) in [6.45, 7) is 4.65. The summed E-state index contributed by atoms with van der Waals surface area (Å²) in [5.41, 5.74) is 3.99. The molecule has 9 nitrogen and oxygen atoms in total. The Kier molecular flexibility index (Phi) is 9.14. The maximum absolute atomic E-state index is 12.5. The molecule has 0 aliphatic carbocycles. The molecular formula is C28H35N3O6. The van der Waals surface area contributed by atoms with Crippen LogP contribution in [0.15, 0.2) is 48.5 Å². The summed E-state index contributed by atoms with van der Waals surface area (Å²) < 4.78 is 11.2. The van der Waals surface area contributed by atoms with Crippen molar-refractivity contribution in [2.75, 3.05) is 38.1 Å². The van der Waals surface area contributed by atoms with Gasteiger partial charge in [-0.1, -0.05) is 36.4 Å². The van der Waals surface area contributed by atoms with Gasteiger partial charge in [-0.05, 0) is 55.0 Å². The number of carboxylic acid groups (broad SMARTS) is 1. The number of nitrogens with one attached hydrogen (secondary N) is 1. The van der Waals surface area contributed by atoms with E-state index in [1.54, 1.807) is 4.90 Å². The lowest BCUT2D eigenvalue weighted by atomic mass is 9.93. The highest BCUT2D eigenvalue weighted by atomic mass is 16.6. The zero-order valence-corrected chi connectivity index (χ0v) is 21.2. The molecule has 1 unspecified atom stereocenters. The minimum Gasteiger partial charge on any atom is -0.481 e. The quantitative estimate of drug-likeness (QED) is 0.529. The van der Waals surface area contributed by atoms with Crippen molar-refractivity contribution < 1.29 is 29.0 Å². The fourth-order valence-electron chi connectivity index (χ4n) is 4.89. The molecule has 1 fully saturated rings. The number of carbonyl (C=O) groups excluding carboxylic acids is 2. The van der Waals surface area contributed by atoms with Gasteiger partial charge in [0, 0.05) is 37.9 Å². The second-order valence-electron chi connectivity index (χ2n) is 9.61. The van der Waals surface area contributed by atoms with Gasteiger partial charge in [-0.25, -0.2) is 4.79 Å². The molecular weight excluding hydrogens is 474 g/mol. The van der Waals surface area contributed by atoms with E-state index in [9.17, 15) is 14.4 Å². The standard InChI is InChI=1S/C28H35N3O6/c1-20-25-17-23(8-7-22(25)9-13-30(20)16-12-27(33)34)29-26(32)19-36-24-10-14-31(15-11-24)28(35)37-18-21-5-3-2-4-6-21/h2-8,17,20,24H,9-16,18-19H2,1H3,(H,29,32)(H,33,34). The second kappa shape index (κ2) is 12.7. The first-order valence-electron chi connectivity index (χ1n) is 12.8. The van der Waals surface area contributed by atoms with Gasteiger partial charge in [-0.3, -0.25) is 14.5 Å². The topological polar surface area (TPSA) is 108 Å². The number of rotatable bonds is 9. The molecule has 0 radical (unpaired) electrons. The molecule has 0 aromatic heterocycles. The Morgan fingerprint density at radius 3 is 2.54 bits per heavy atom. The van der Waals surface area contributed by atoms with Crippen LogP contribution in [-0.4, -0.2) is 71.8 Å². The van der Waals surface area contributed by atoms with Crippen molar-refractivity contribution in [2.24, 2.45) is 0 Å². The van der Waals surface area contributed by atoms with Crippen LogP contribution in [0.4, 0.5) is 10.5 Å². The summed E-state index contributed by atoms with van der Waals surface area (Å²) in [4.78, 5) is 39.7. The number of ether oxygens (including phenoxy) is 2. The van der Waals surface area contributed by atoms with Crippen LogP contribution in [0.2, 0.25) is 0 Å². The molecule has 9 heteroatoms. The molecule has 1 saturated heterocycles. The second-order valence-corrected chi connectivity index (χ2v) is 9.61. The minimum atomic E-state index is -0.798. The zero-order chi connectivity index (χ0) is 26.2. The number of hydrogen-bond donors (Lipinski definition) is 2. The van der Waals surface area contributed by atoms with Crippen LogP contribution in [0, 0.1) is 0 Å². The Bertz CT molecular complexity index is 1080. The maximum atomic E-state index is 12.5. The molecule has 0 spiro atoms. The van der Waals surface area contributed by atoms with Gasteiger partial charge in [-0.15, -0.1) is 0 Å². The number of amides is 2. The number of benzene rings is 2. The summed E-state index contributed by atoms with van der Waals surface area (Å²) in [5.74, 6) is -1.02. The summed E-state index contributed by atoms with van der Waals surface area (Å²) in [5, 5.41) is 11.9. The van der Waals surface area contributed by atoms with Crippen molar-refractivity contribution in [3.63, 3.8) is 0 Å². The number of carboxylic acids is 1. The summed E-state index contributed by atoms with van der Waals surface area (Å²) >= 11 is 0. The highest BCUT2D eigenvalue weighted by Gasteiger charge is 2.26. The van der Waals surface area contributed by atoms with Crippen molar-refractivity contribution in [2.45, 2.75) is 51.4 Å². The van der Waals surface area contributed by atoms with Gasteiger partial charge in [-0.2, -0.15) is 0 Å². The van der Waals surface area contributed by atoms with Gasteiger partial charge in [0.25, 0.3) is 0 Å². The molecule has 2 N–H and O–H groups in total. The highest BCUT2D eigenvalue weighted by molar-refractivity contribution is 5.91. The number of carbonyl (C=O) groups is 3. The van der Waals surface area contributed by atoms with Crippen LogP contribution in [-0.2, 0) is 32.1 Å². The normalized spacial score (nSPS) is 18.2. The number of hydrogen-bond acceptors (Lipinski definition) is 6. The van der Waals surface area contributed by atoms with E-state index in [1.807, 2.05) is 48.5 Å². The summed E-state index contributed by atoms with van der Waals surface area (Å²) in [6.07, 6.45) is 1.85. The number of aliphatic carboxylic acids is 1. The number of anilines is 1. The van der Waals surface area contributed by atoms with E-state index in [-0.39, 0.29) is 43.8 Å². The Labute approximate surface area is 217 Å². The van der Waals surface area contributed by atoms with Gasteiger partial charge < -0.3 is 24.8 Å². The molecule has 2 aliphatic heterocycles. The number of piperidine rings is 1. The third kappa shape index (κ3) is 7.53. The van der Waals surface area contributed by atoms with Gasteiger partial charge in [0.2, 0.25) is 5.91 Å². The molecule has 1 atom stereocenters. The van der Waals surface area contributed by atoms with Crippen molar-refractivity contribution >= 4 is 23.7 Å². The third-order valence-corrected chi connectivity index (χ3v) is 7.06. The van der Waals surface area contributed by atoms with Crippen LogP contribution in [0.3, 0.4) is 0 Å². The smallest absolute Gasteiger partial charge is 0.410 e. The van der Waals surface area contributed by atoms with E-state index in [4.69, 9.17) is 14.6 Å². The lowest BCUT2D eigenvalue weighted by Crippen LogP contribution is -2.41. The van der Waals surface area contributed by atoms with Crippen LogP contribution >= 0.6 is 0 Å².